The van der Waals surface area contributed by atoms with Gasteiger partial charge in [-0.05, 0) is 20.8 Å². The highest BCUT2D eigenvalue weighted by atomic mass is 16.6. The Morgan fingerprint density at radius 1 is 1.64 bits per heavy atom. The van der Waals surface area contributed by atoms with Gasteiger partial charge in [-0.2, -0.15) is 0 Å². The molecule has 1 fully saturated rings. The van der Waals surface area contributed by atoms with Crippen molar-refractivity contribution in [2.45, 2.75) is 26.4 Å². The molecule has 1 nitrogen and oxygen atoms in total. The summed E-state index contributed by atoms with van der Waals surface area (Å²) in [6.07, 6.45) is 4.17. The van der Waals surface area contributed by atoms with Gasteiger partial charge in [-0.1, -0.05) is 17.7 Å². The molecule has 62 valence electrons. The third kappa shape index (κ3) is 1.93. The van der Waals surface area contributed by atoms with Crippen LogP contribution in [0.15, 0.2) is 24.3 Å². The van der Waals surface area contributed by atoms with Crippen LogP contribution in [0, 0.1) is 5.92 Å². The van der Waals surface area contributed by atoms with Crippen LogP contribution in [0.5, 0.6) is 0 Å². The summed E-state index contributed by atoms with van der Waals surface area (Å²) in [4.78, 5) is 0. The number of epoxide rings is 1. The van der Waals surface area contributed by atoms with E-state index in [-0.39, 0.29) is 5.60 Å². The second kappa shape index (κ2) is 2.82. The molecule has 0 bridgehead atoms. The standard InChI is InChI=1S/C10H16O/c1-5-9(6-8(2)3)10(4)7-11-10/h5-6,9H,1,7H2,2-4H3/t9-,10-/m0/s1. The first-order valence-corrected chi connectivity index (χ1v) is 4.00. The SMILES string of the molecule is C=C[C@@H](C=C(C)C)[C@]1(C)CO1. The quantitative estimate of drug-likeness (QED) is 0.447. The summed E-state index contributed by atoms with van der Waals surface area (Å²) in [6.45, 7) is 11.0. The molecule has 1 aliphatic heterocycles. The Kier molecular flexibility index (Phi) is 2.19. The van der Waals surface area contributed by atoms with Crippen molar-refractivity contribution in [2.24, 2.45) is 5.92 Å². The Labute approximate surface area is 68.8 Å². The van der Waals surface area contributed by atoms with Gasteiger partial charge < -0.3 is 4.74 Å². The Balaban J connectivity index is 2.64. The first-order valence-electron chi connectivity index (χ1n) is 4.00. The highest BCUT2D eigenvalue weighted by molar-refractivity contribution is 5.14. The second-order valence-corrected chi connectivity index (χ2v) is 3.61. The Hall–Kier alpha value is -0.560. The zero-order valence-corrected chi connectivity index (χ0v) is 7.55. The normalized spacial score (nSPS) is 30.8. The molecule has 1 heteroatoms. The molecule has 1 rings (SSSR count). The molecule has 0 spiro atoms. The third-order valence-corrected chi connectivity index (χ3v) is 2.07. The van der Waals surface area contributed by atoms with E-state index in [9.17, 15) is 0 Å². The molecule has 0 amide bonds. The molecule has 0 aliphatic carbocycles. The highest BCUT2D eigenvalue weighted by Gasteiger charge is 2.44. The van der Waals surface area contributed by atoms with Crippen LogP contribution >= 0.6 is 0 Å². The van der Waals surface area contributed by atoms with Crippen molar-refractivity contribution in [1.29, 1.82) is 0 Å². The molecule has 0 aromatic carbocycles. The molecule has 1 aliphatic rings. The van der Waals surface area contributed by atoms with Gasteiger partial charge >= 0.3 is 0 Å². The van der Waals surface area contributed by atoms with Gasteiger partial charge in [-0.3, -0.25) is 0 Å². The van der Waals surface area contributed by atoms with Crippen LogP contribution in [0.25, 0.3) is 0 Å². The second-order valence-electron chi connectivity index (χ2n) is 3.61. The van der Waals surface area contributed by atoms with E-state index >= 15 is 0 Å². The van der Waals surface area contributed by atoms with Gasteiger partial charge in [0.2, 0.25) is 0 Å². The van der Waals surface area contributed by atoms with Gasteiger partial charge in [-0.25, -0.2) is 0 Å². The van der Waals surface area contributed by atoms with Crippen LogP contribution in [-0.2, 0) is 4.74 Å². The molecule has 0 saturated carbocycles. The van der Waals surface area contributed by atoms with Crippen molar-refractivity contribution in [1.82, 2.24) is 0 Å². The molecule has 1 heterocycles. The van der Waals surface area contributed by atoms with Crippen molar-refractivity contribution >= 4 is 0 Å². The first kappa shape index (κ1) is 8.54. The Morgan fingerprint density at radius 2 is 2.18 bits per heavy atom. The van der Waals surface area contributed by atoms with Gasteiger partial charge in [0.1, 0.15) is 0 Å². The minimum atomic E-state index is 0.0546. The summed E-state index contributed by atoms with van der Waals surface area (Å²) < 4.78 is 5.33. The molecular weight excluding hydrogens is 136 g/mol. The number of hydrogen-bond acceptors (Lipinski definition) is 1. The Bertz CT molecular complexity index is 183. The Morgan fingerprint density at radius 3 is 2.45 bits per heavy atom. The molecule has 0 aromatic rings. The highest BCUT2D eigenvalue weighted by Crippen LogP contribution is 2.36. The lowest BCUT2D eigenvalue weighted by Gasteiger charge is -2.12. The number of hydrogen-bond donors (Lipinski definition) is 0. The fraction of sp³-hybridized carbons (Fsp3) is 0.600. The van der Waals surface area contributed by atoms with Crippen LogP contribution in [0.3, 0.4) is 0 Å². The number of ether oxygens (including phenoxy) is 1. The summed E-state index contributed by atoms with van der Waals surface area (Å²) in [5.74, 6) is 0.382. The zero-order valence-electron chi connectivity index (χ0n) is 7.55. The largest absolute Gasteiger partial charge is 0.369 e. The van der Waals surface area contributed by atoms with Gasteiger partial charge in [0, 0.05) is 5.92 Å². The van der Waals surface area contributed by atoms with Crippen molar-refractivity contribution in [3.63, 3.8) is 0 Å². The summed E-state index contributed by atoms with van der Waals surface area (Å²) in [7, 11) is 0. The molecule has 2 atom stereocenters. The molecule has 0 N–H and O–H groups in total. The van der Waals surface area contributed by atoms with Gasteiger partial charge in [0.25, 0.3) is 0 Å². The third-order valence-electron chi connectivity index (χ3n) is 2.07. The summed E-state index contributed by atoms with van der Waals surface area (Å²) in [6, 6.07) is 0. The predicted molar refractivity (Wildman–Crippen MR) is 47.5 cm³/mol. The lowest BCUT2D eigenvalue weighted by Crippen LogP contribution is -2.16. The smallest absolute Gasteiger partial charge is 0.0985 e. The van der Waals surface area contributed by atoms with Crippen molar-refractivity contribution < 1.29 is 4.74 Å². The number of allylic oxidation sites excluding steroid dienone is 1. The van der Waals surface area contributed by atoms with Crippen LogP contribution in [0.1, 0.15) is 20.8 Å². The summed E-state index contributed by atoms with van der Waals surface area (Å²) in [5, 5.41) is 0. The molecule has 0 radical (unpaired) electrons. The van der Waals surface area contributed by atoms with Crippen molar-refractivity contribution in [2.75, 3.05) is 6.61 Å². The molecule has 0 unspecified atom stereocenters. The van der Waals surface area contributed by atoms with Crippen LogP contribution in [-0.4, -0.2) is 12.2 Å². The van der Waals surface area contributed by atoms with Crippen LogP contribution < -0.4 is 0 Å². The maximum atomic E-state index is 5.33. The fourth-order valence-corrected chi connectivity index (χ4v) is 1.16. The zero-order chi connectivity index (χ0) is 8.48. The van der Waals surface area contributed by atoms with E-state index in [1.165, 1.54) is 5.57 Å². The summed E-state index contributed by atoms with van der Waals surface area (Å²) >= 11 is 0. The van der Waals surface area contributed by atoms with E-state index in [4.69, 9.17) is 4.74 Å². The van der Waals surface area contributed by atoms with Gasteiger partial charge in [-0.15, -0.1) is 6.58 Å². The average Bonchev–Trinajstić information content (AvgIpc) is 2.63. The van der Waals surface area contributed by atoms with E-state index in [1.54, 1.807) is 0 Å². The maximum absolute atomic E-state index is 5.33. The van der Waals surface area contributed by atoms with E-state index in [0.29, 0.717) is 5.92 Å². The minimum absolute atomic E-state index is 0.0546. The lowest BCUT2D eigenvalue weighted by molar-refractivity contribution is 0.291. The predicted octanol–water partition coefficient (Wildman–Crippen LogP) is 2.54. The van der Waals surface area contributed by atoms with Crippen LogP contribution in [0.2, 0.25) is 0 Å². The topological polar surface area (TPSA) is 12.5 Å². The first-order chi connectivity index (χ1) is 5.08. The fourth-order valence-electron chi connectivity index (χ4n) is 1.16. The average molecular weight is 152 g/mol. The van der Waals surface area contributed by atoms with Crippen molar-refractivity contribution in [3.05, 3.63) is 24.3 Å². The van der Waals surface area contributed by atoms with Gasteiger partial charge in [0.05, 0.1) is 12.2 Å². The maximum Gasteiger partial charge on any atom is 0.0985 e. The minimum Gasteiger partial charge on any atom is -0.369 e. The summed E-state index contributed by atoms with van der Waals surface area (Å²) in [5.41, 5.74) is 1.38. The van der Waals surface area contributed by atoms with E-state index < -0.39 is 0 Å². The number of rotatable bonds is 3. The molecule has 1 saturated heterocycles. The van der Waals surface area contributed by atoms with Crippen LogP contribution in [0.4, 0.5) is 0 Å². The van der Waals surface area contributed by atoms with E-state index in [2.05, 4.69) is 33.4 Å². The van der Waals surface area contributed by atoms with Crippen molar-refractivity contribution in [3.8, 4) is 0 Å². The lowest BCUT2D eigenvalue weighted by atomic mass is 9.93. The molecule has 11 heavy (non-hydrogen) atoms. The van der Waals surface area contributed by atoms with Gasteiger partial charge in [0.15, 0.2) is 0 Å². The molecule has 0 aromatic heterocycles. The monoisotopic (exact) mass is 152 g/mol. The molecular formula is C10H16O. The van der Waals surface area contributed by atoms with E-state index in [1.807, 2.05) is 6.08 Å². The van der Waals surface area contributed by atoms with E-state index in [0.717, 1.165) is 6.61 Å².